The molecule has 0 saturated heterocycles. The molecule has 0 spiro atoms. The van der Waals surface area contributed by atoms with Crippen LogP contribution in [-0.4, -0.2) is 11.1 Å². The fourth-order valence-corrected chi connectivity index (χ4v) is 1.96. The second-order valence-corrected chi connectivity index (χ2v) is 3.77. The van der Waals surface area contributed by atoms with Gasteiger partial charge in [-0.25, -0.2) is 0 Å². The van der Waals surface area contributed by atoms with Gasteiger partial charge in [0.15, 0.2) is 0 Å². The van der Waals surface area contributed by atoms with Crippen molar-refractivity contribution in [3.63, 3.8) is 0 Å². The molecule has 50 valence electrons. The summed E-state index contributed by atoms with van der Waals surface area (Å²) in [6, 6.07) is 0. The molecule has 0 saturated carbocycles. The number of rotatable bonds is 2. The van der Waals surface area contributed by atoms with Crippen LogP contribution in [0.1, 0.15) is 19.8 Å². The fraction of sp³-hybridized carbons (Fsp3) is 0.571. The van der Waals surface area contributed by atoms with E-state index in [1.165, 1.54) is 14.6 Å². The first kappa shape index (κ1) is 6.98. The van der Waals surface area contributed by atoms with Crippen molar-refractivity contribution in [1.82, 2.24) is 0 Å². The van der Waals surface area contributed by atoms with Gasteiger partial charge in [-0.1, -0.05) is 33.7 Å². The quantitative estimate of drug-likeness (QED) is 0.582. The Morgan fingerprint density at radius 1 is 1.67 bits per heavy atom. The van der Waals surface area contributed by atoms with Gasteiger partial charge in [0.1, 0.15) is 0 Å². The Morgan fingerprint density at radius 3 is 2.89 bits per heavy atom. The minimum Gasteiger partial charge on any atom is -0.315 e. The molecule has 1 aliphatic rings. The third-order valence-corrected chi connectivity index (χ3v) is 2.61. The normalized spacial score (nSPS) is 33.6. The van der Waals surface area contributed by atoms with Crippen molar-refractivity contribution in [1.29, 1.82) is 0 Å². The Bertz CT molecular complexity index is 137. The van der Waals surface area contributed by atoms with Crippen LogP contribution < -0.4 is 5.73 Å². The van der Waals surface area contributed by atoms with E-state index in [2.05, 4.69) is 24.9 Å². The molecule has 0 fully saturated rings. The van der Waals surface area contributed by atoms with E-state index in [-0.39, 0.29) is 5.28 Å². The average Bonchev–Trinajstić information content (AvgIpc) is 2.16. The molecule has 0 aliphatic carbocycles. The summed E-state index contributed by atoms with van der Waals surface area (Å²) in [5.74, 6) is 2.11. The summed E-state index contributed by atoms with van der Waals surface area (Å²) in [7, 11) is 1.26. The Balaban J connectivity index is 2.53. The molecular weight excluding hydrogens is 129 g/mol. The van der Waals surface area contributed by atoms with Gasteiger partial charge in [0, 0.05) is 0 Å². The highest BCUT2D eigenvalue weighted by Gasteiger charge is 2.18. The zero-order chi connectivity index (χ0) is 6.74. The van der Waals surface area contributed by atoms with E-state index in [4.69, 9.17) is 5.73 Å². The number of allylic oxidation sites excluding steroid dienone is 1. The van der Waals surface area contributed by atoms with E-state index >= 15 is 0 Å². The van der Waals surface area contributed by atoms with Crippen molar-refractivity contribution in [2.75, 3.05) is 0 Å². The smallest absolute Gasteiger partial charge is 0.0767 e. The molecular formula is C7H12NP. The Hall–Kier alpha value is -0.130. The summed E-state index contributed by atoms with van der Waals surface area (Å²) in [5.41, 5.74) is 5.94. The first-order valence-corrected chi connectivity index (χ1v) is 4.25. The van der Waals surface area contributed by atoms with Crippen LogP contribution in [-0.2, 0) is 0 Å². The molecule has 0 aromatic heterocycles. The summed E-state index contributed by atoms with van der Waals surface area (Å²) in [4.78, 5) is 0. The lowest BCUT2D eigenvalue weighted by molar-refractivity contribution is 0.655. The van der Waals surface area contributed by atoms with Crippen LogP contribution in [0.2, 0.25) is 0 Å². The molecule has 0 radical (unpaired) electrons. The molecule has 1 atom stereocenters. The zero-order valence-electron chi connectivity index (χ0n) is 5.67. The van der Waals surface area contributed by atoms with E-state index in [0.29, 0.717) is 0 Å². The van der Waals surface area contributed by atoms with Crippen LogP contribution in [0.15, 0.2) is 12.2 Å². The number of hydrogen-bond donors (Lipinski definition) is 1. The highest BCUT2D eigenvalue weighted by atomic mass is 31.1. The van der Waals surface area contributed by atoms with Gasteiger partial charge in [0.25, 0.3) is 0 Å². The molecule has 1 nitrogen and oxygen atoms in total. The van der Waals surface area contributed by atoms with E-state index in [0.717, 1.165) is 6.42 Å². The summed E-state index contributed by atoms with van der Waals surface area (Å²) < 4.78 is 0. The predicted molar refractivity (Wildman–Crippen MR) is 44.0 cm³/mol. The Labute approximate surface area is 57.7 Å². The molecule has 1 rings (SSSR count). The van der Waals surface area contributed by atoms with Gasteiger partial charge in [0.05, 0.1) is 5.28 Å². The molecule has 2 heteroatoms. The maximum atomic E-state index is 5.94. The van der Waals surface area contributed by atoms with Crippen molar-refractivity contribution in [2.24, 2.45) is 5.73 Å². The van der Waals surface area contributed by atoms with Crippen molar-refractivity contribution in [2.45, 2.75) is 25.0 Å². The lowest BCUT2D eigenvalue weighted by atomic mass is 10.1. The van der Waals surface area contributed by atoms with Crippen molar-refractivity contribution < 1.29 is 0 Å². The van der Waals surface area contributed by atoms with Gasteiger partial charge in [-0.05, 0) is 12.2 Å². The summed E-state index contributed by atoms with van der Waals surface area (Å²) in [5, 5.41) is -0.0191. The van der Waals surface area contributed by atoms with Crippen LogP contribution in [0, 0.1) is 0 Å². The van der Waals surface area contributed by atoms with E-state index in [1.54, 1.807) is 0 Å². The monoisotopic (exact) mass is 141 g/mol. The third-order valence-electron chi connectivity index (χ3n) is 1.44. The van der Waals surface area contributed by atoms with Crippen LogP contribution in [0.3, 0.4) is 0 Å². The van der Waals surface area contributed by atoms with Crippen molar-refractivity contribution in [3.05, 3.63) is 12.2 Å². The van der Waals surface area contributed by atoms with Crippen molar-refractivity contribution >= 4 is 14.0 Å². The van der Waals surface area contributed by atoms with Crippen LogP contribution in [0.4, 0.5) is 0 Å². The molecule has 0 bridgehead atoms. The van der Waals surface area contributed by atoms with Gasteiger partial charge in [-0.3, -0.25) is 0 Å². The van der Waals surface area contributed by atoms with Crippen LogP contribution in [0.5, 0.6) is 0 Å². The van der Waals surface area contributed by atoms with Gasteiger partial charge in [-0.2, -0.15) is 0 Å². The van der Waals surface area contributed by atoms with Gasteiger partial charge in [0.2, 0.25) is 0 Å². The highest BCUT2D eigenvalue weighted by Crippen LogP contribution is 2.28. The van der Waals surface area contributed by atoms with Crippen molar-refractivity contribution in [3.8, 4) is 0 Å². The second-order valence-electron chi connectivity index (χ2n) is 2.38. The first-order chi connectivity index (χ1) is 4.27. The van der Waals surface area contributed by atoms with E-state index < -0.39 is 0 Å². The molecule has 1 unspecified atom stereocenters. The highest BCUT2D eigenvalue weighted by molar-refractivity contribution is 7.41. The Morgan fingerprint density at radius 2 is 2.44 bits per heavy atom. The lowest BCUT2D eigenvalue weighted by Gasteiger charge is -2.16. The third kappa shape index (κ3) is 1.64. The number of nitrogens with two attached hydrogens (primary N) is 1. The molecule has 1 aliphatic heterocycles. The SMILES string of the molecule is CCCC1(N)C=CC=P1. The largest absolute Gasteiger partial charge is 0.315 e. The summed E-state index contributed by atoms with van der Waals surface area (Å²) in [6.45, 7) is 2.16. The van der Waals surface area contributed by atoms with Gasteiger partial charge >= 0.3 is 0 Å². The molecule has 1 heterocycles. The maximum Gasteiger partial charge on any atom is 0.0767 e. The zero-order valence-corrected chi connectivity index (χ0v) is 6.57. The van der Waals surface area contributed by atoms with Crippen LogP contribution >= 0.6 is 8.20 Å². The molecule has 0 aromatic carbocycles. The first-order valence-electron chi connectivity index (χ1n) is 3.29. The average molecular weight is 141 g/mol. The standard InChI is InChI=1S/C7H12NP/c1-2-4-7(8)5-3-6-9-7/h3,5-6H,2,4,8H2,1H3. The molecule has 0 amide bonds. The van der Waals surface area contributed by atoms with Gasteiger partial charge in [-0.15, -0.1) is 0 Å². The van der Waals surface area contributed by atoms with Gasteiger partial charge < -0.3 is 5.73 Å². The lowest BCUT2D eigenvalue weighted by Crippen LogP contribution is -2.28. The summed E-state index contributed by atoms with van der Waals surface area (Å²) >= 11 is 0. The minimum absolute atomic E-state index is 0.0191. The molecule has 0 aromatic rings. The fourth-order valence-electron chi connectivity index (χ4n) is 0.983. The minimum atomic E-state index is -0.0191. The molecule has 2 N–H and O–H groups in total. The Kier molecular flexibility index (Phi) is 2.05. The summed E-state index contributed by atoms with van der Waals surface area (Å²) in [6.07, 6.45) is 6.42. The maximum absolute atomic E-state index is 5.94. The topological polar surface area (TPSA) is 26.0 Å². The van der Waals surface area contributed by atoms with E-state index in [9.17, 15) is 0 Å². The molecule has 9 heavy (non-hydrogen) atoms. The number of hydrogen-bond acceptors (Lipinski definition) is 1. The second kappa shape index (κ2) is 2.64. The predicted octanol–water partition coefficient (Wildman–Crippen LogP) is 1.76. The van der Waals surface area contributed by atoms with E-state index in [1.807, 2.05) is 0 Å². The van der Waals surface area contributed by atoms with Crippen LogP contribution in [0.25, 0.3) is 0 Å².